The number of furan rings is 1. The number of carbonyl (C=O) groups excluding carboxylic acids is 3. The Morgan fingerprint density at radius 2 is 1.95 bits per heavy atom. The second-order valence-electron chi connectivity index (χ2n) is 7.47. The Hall–Kier alpha value is -3.83. The SMILES string of the molecule is CCOc1cc(/C=N\NC(=O)C(=O)NCc2ccco2)cc(Br)c1OCC(=O)Nc1cccc(Cl)c1C. The Kier molecular flexibility index (Phi) is 10.1. The Morgan fingerprint density at radius 1 is 1.14 bits per heavy atom. The zero-order valence-electron chi connectivity index (χ0n) is 20.0. The van der Waals surface area contributed by atoms with E-state index in [4.69, 9.17) is 25.5 Å². The summed E-state index contributed by atoms with van der Waals surface area (Å²) in [5.41, 5.74) is 4.04. The van der Waals surface area contributed by atoms with Gasteiger partial charge in [-0.2, -0.15) is 5.10 Å². The van der Waals surface area contributed by atoms with Crippen molar-refractivity contribution in [1.29, 1.82) is 0 Å². The fourth-order valence-electron chi connectivity index (χ4n) is 3.01. The fourth-order valence-corrected chi connectivity index (χ4v) is 3.76. The van der Waals surface area contributed by atoms with Crippen LogP contribution in [0.15, 0.2) is 62.7 Å². The molecule has 0 bridgehead atoms. The maximum absolute atomic E-state index is 12.4. The third kappa shape index (κ3) is 8.09. The summed E-state index contributed by atoms with van der Waals surface area (Å²) >= 11 is 9.51. The van der Waals surface area contributed by atoms with E-state index in [1.165, 1.54) is 12.5 Å². The van der Waals surface area contributed by atoms with Crippen molar-refractivity contribution in [3.8, 4) is 11.5 Å². The van der Waals surface area contributed by atoms with Crippen LogP contribution in [0.2, 0.25) is 5.02 Å². The van der Waals surface area contributed by atoms with Gasteiger partial charge in [-0.25, -0.2) is 5.43 Å². The molecule has 10 nitrogen and oxygen atoms in total. The molecule has 3 amide bonds. The van der Waals surface area contributed by atoms with Crippen LogP contribution in [0.5, 0.6) is 11.5 Å². The zero-order chi connectivity index (χ0) is 26.8. The fraction of sp³-hybridized carbons (Fsp3) is 0.200. The number of rotatable bonds is 10. The van der Waals surface area contributed by atoms with Crippen molar-refractivity contribution in [2.24, 2.45) is 5.10 Å². The van der Waals surface area contributed by atoms with Crippen molar-refractivity contribution in [2.45, 2.75) is 20.4 Å². The molecule has 0 aliphatic carbocycles. The topological polar surface area (TPSA) is 131 Å². The van der Waals surface area contributed by atoms with Gasteiger partial charge in [0.05, 0.1) is 30.1 Å². The number of carbonyl (C=O) groups is 3. The van der Waals surface area contributed by atoms with Crippen LogP contribution in [-0.2, 0) is 20.9 Å². The minimum absolute atomic E-state index is 0.0752. The number of amides is 3. The van der Waals surface area contributed by atoms with Crippen molar-refractivity contribution >= 4 is 57.2 Å². The molecule has 0 atom stereocenters. The second-order valence-corrected chi connectivity index (χ2v) is 8.73. The molecule has 1 aromatic heterocycles. The van der Waals surface area contributed by atoms with Gasteiger partial charge >= 0.3 is 11.8 Å². The number of ether oxygens (including phenoxy) is 2. The van der Waals surface area contributed by atoms with Gasteiger partial charge in [-0.15, -0.1) is 0 Å². The highest BCUT2D eigenvalue weighted by Crippen LogP contribution is 2.36. The van der Waals surface area contributed by atoms with Gasteiger partial charge in [0.15, 0.2) is 18.1 Å². The van der Waals surface area contributed by atoms with E-state index in [0.717, 1.165) is 5.56 Å². The van der Waals surface area contributed by atoms with Crippen molar-refractivity contribution in [1.82, 2.24) is 10.7 Å². The molecule has 3 N–H and O–H groups in total. The molecular formula is C25H24BrClN4O6. The lowest BCUT2D eigenvalue weighted by molar-refractivity contribution is -0.139. The molecule has 0 spiro atoms. The van der Waals surface area contributed by atoms with Crippen LogP contribution >= 0.6 is 27.5 Å². The van der Waals surface area contributed by atoms with E-state index >= 15 is 0 Å². The highest BCUT2D eigenvalue weighted by atomic mass is 79.9. The normalized spacial score (nSPS) is 10.7. The summed E-state index contributed by atoms with van der Waals surface area (Å²) in [7, 11) is 0. The first-order valence-electron chi connectivity index (χ1n) is 11.1. The summed E-state index contributed by atoms with van der Waals surface area (Å²) in [6, 6.07) is 11.8. The van der Waals surface area contributed by atoms with Gasteiger partial charge in [0.1, 0.15) is 5.76 Å². The van der Waals surface area contributed by atoms with E-state index in [2.05, 4.69) is 37.1 Å². The number of nitrogens with one attached hydrogen (secondary N) is 3. The standard InChI is InChI=1S/C25H24BrClN4O6/c1-3-35-21-11-16(12-29-31-25(34)24(33)28-13-17-6-5-9-36-17)10-18(26)23(21)37-14-22(32)30-20-8-4-7-19(27)15(20)2/h4-12H,3,13-14H2,1-2H3,(H,28,33)(H,30,32)(H,31,34)/b29-12-. The van der Waals surface area contributed by atoms with E-state index in [0.29, 0.717) is 44.6 Å². The van der Waals surface area contributed by atoms with Crippen LogP contribution in [0.3, 0.4) is 0 Å². The lowest BCUT2D eigenvalue weighted by atomic mass is 10.2. The third-order valence-electron chi connectivity index (χ3n) is 4.81. The first kappa shape index (κ1) is 27.8. The molecule has 0 saturated carbocycles. The average Bonchev–Trinajstić information content (AvgIpc) is 3.39. The molecule has 1 heterocycles. The predicted octanol–water partition coefficient (Wildman–Crippen LogP) is 4.19. The highest BCUT2D eigenvalue weighted by Gasteiger charge is 2.16. The lowest BCUT2D eigenvalue weighted by Gasteiger charge is -2.15. The molecule has 0 unspecified atom stereocenters. The van der Waals surface area contributed by atoms with Crippen LogP contribution in [-0.4, -0.2) is 37.1 Å². The monoisotopic (exact) mass is 590 g/mol. The Bertz CT molecular complexity index is 1300. The van der Waals surface area contributed by atoms with Crippen LogP contribution in [0.4, 0.5) is 5.69 Å². The molecule has 12 heteroatoms. The minimum Gasteiger partial charge on any atom is -0.490 e. The number of halogens is 2. The molecule has 0 fully saturated rings. The number of benzene rings is 2. The average molecular weight is 592 g/mol. The molecule has 0 aliphatic heterocycles. The summed E-state index contributed by atoms with van der Waals surface area (Å²) in [6.07, 6.45) is 2.80. The molecule has 37 heavy (non-hydrogen) atoms. The molecule has 0 aliphatic rings. The van der Waals surface area contributed by atoms with E-state index in [1.54, 1.807) is 56.3 Å². The molecule has 194 valence electrons. The number of hydrazone groups is 1. The number of anilines is 1. The maximum Gasteiger partial charge on any atom is 0.329 e. The van der Waals surface area contributed by atoms with Crippen molar-refractivity contribution in [3.63, 3.8) is 0 Å². The first-order chi connectivity index (χ1) is 17.8. The number of hydrogen-bond donors (Lipinski definition) is 3. The summed E-state index contributed by atoms with van der Waals surface area (Å²) in [6.45, 7) is 3.74. The lowest BCUT2D eigenvalue weighted by Crippen LogP contribution is -2.37. The van der Waals surface area contributed by atoms with Crippen LogP contribution in [0.25, 0.3) is 0 Å². The van der Waals surface area contributed by atoms with Gasteiger partial charge in [0.2, 0.25) is 0 Å². The summed E-state index contributed by atoms with van der Waals surface area (Å²) in [5.74, 6) is -0.992. The van der Waals surface area contributed by atoms with Crippen LogP contribution in [0, 0.1) is 6.92 Å². The molecular weight excluding hydrogens is 568 g/mol. The van der Waals surface area contributed by atoms with E-state index in [1.807, 2.05) is 0 Å². The van der Waals surface area contributed by atoms with Gasteiger partial charge in [0, 0.05) is 10.7 Å². The summed E-state index contributed by atoms with van der Waals surface area (Å²) in [5, 5.41) is 9.54. The first-order valence-corrected chi connectivity index (χ1v) is 12.2. The molecule has 0 saturated heterocycles. The van der Waals surface area contributed by atoms with E-state index < -0.39 is 11.8 Å². The quantitative estimate of drug-likeness (QED) is 0.184. The Morgan fingerprint density at radius 3 is 2.68 bits per heavy atom. The molecule has 3 rings (SSSR count). The molecule has 3 aromatic rings. The Balaban J connectivity index is 1.60. The minimum atomic E-state index is -0.937. The van der Waals surface area contributed by atoms with Crippen molar-refractivity contribution in [2.75, 3.05) is 18.5 Å². The maximum atomic E-state index is 12.4. The zero-order valence-corrected chi connectivity index (χ0v) is 22.3. The Labute approximate surface area is 226 Å². The van der Waals surface area contributed by atoms with Crippen LogP contribution in [0.1, 0.15) is 23.8 Å². The summed E-state index contributed by atoms with van der Waals surface area (Å²) in [4.78, 5) is 36.2. The van der Waals surface area contributed by atoms with Crippen molar-refractivity contribution < 1.29 is 28.3 Å². The van der Waals surface area contributed by atoms with Gasteiger partial charge in [-0.05, 0) is 77.3 Å². The second kappa shape index (κ2) is 13.5. The van der Waals surface area contributed by atoms with Crippen molar-refractivity contribution in [3.05, 3.63) is 75.1 Å². The molecule has 2 aromatic carbocycles. The van der Waals surface area contributed by atoms with E-state index in [9.17, 15) is 14.4 Å². The van der Waals surface area contributed by atoms with E-state index in [-0.39, 0.29) is 19.1 Å². The largest absolute Gasteiger partial charge is 0.490 e. The third-order valence-corrected chi connectivity index (χ3v) is 5.81. The van der Waals surface area contributed by atoms with Gasteiger partial charge in [0.25, 0.3) is 5.91 Å². The predicted molar refractivity (Wildman–Crippen MR) is 142 cm³/mol. The smallest absolute Gasteiger partial charge is 0.329 e. The molecule has 0 radical (unpaired) electrons. The van der Waals surface area contributed by atoms with Crippen LogP contribution < -0.4 is 25.5 Å². The number of nitrogens with zero attached hydrogens (tertiary/aromatic N) is 1. The highest BCUT2D eigenvalue weighted by molar-refractivity contribution is 9.10. The van der Waals surface area contributed by atoms with Gasteiger partial charge in [-0.1, -0.05) is 17.7 Å². The van der Waals surface area contributed by atoms with Gasteiger partial charge in [-0.3, -0.25) is 14.4 Å². The van der Waals surface area contributed by atoms with Gasteiger partial charge < -0.3 is 24.5 Å². The number of hydrogen-bond acceptors (Lipinski definition) is 7. The summed E-state index contributed by atoms with van der Waals surface area (Å²) < 4.78 is 17.0.